The Balaban J connectivity index is 2.23. The van der Waals surface area contributed by atoms with Gasteiger partial charge in [-0.3, -0.25) is 0 Å². The summed E-state index contributed by atoms with van der Waals surface area (Å²) in [5.41, 5.74) is 3.58. The minimum Gasteiger partial charge on any atom is -0.319 e. The summed E-state index contributed by atoms with van der Waals surface area (Å²) in [5.74, 6) is 0.476. The van der Waals surface area contributed by atoms with Gasteiger partial charge in [-0.2, -0.15) is 0 Å². The third-order valence-electron chi connectivity index (χ3n) is 2.77. The van der Waals surface area contributed by atoms with Gasteiger partial charge in [0.05, 0.1) is 10.7 Å². The van der Waals surface area contributed by atoms with E-state index < -0.39 is 0 Å². The Kier molecular flexibility index (Phi) is 3.92. The van der Waals surface area contributed by atoms with Gasteiger partial charge in [0.25, 0.3) is 0 Å². The average molecular weight is 246 g/mol. The zero-order valence-electron chi connectivity index (χ0n) is 10.5. The van der Waals surface area contributed by atoms with Crippen molar-refractivity contribution in [2.75, 3.05) is 13.6 Å². The van der Waals surface area contributed by atoms with Crippen molar-refractivity contribution in [2.45, 2.75) is 19.8 Å². The van der Waals surface area contributed by atoms with Gasteiger partial charge < -0.3 is 5.32 Å². The summed E-state index contributed by atoms with van der Waals surface area (Å²) in [4.78, 5) is 4.72. The van der Waals surface area contributed by atoms with Crippen LogP contribution in [0.15, 0.2) is 29.6 Å². The molecule has 0 saturated heterocycles. The smallest absolute Gasteiger partial charge is 0.0973 e. The van der Waals surface area contributed by atoms with Crippen molar-refractivity contribution in [1.29, 1.82) is 0 Å². The van der Waals surface area contributed by atoms with Gasteiger partial charge >= 0.3 is 0 Å². The molecule has 3 heteroatoms. The molecule has 17 heavy (non-hydrogen) atoms. The highest BCUT2D eigenvalue weighted by Crippen LogP contribution is 2.26. The number of likely N-dealkylation sites (N-methyl/N-ethyl adjacent to an activating group) is 1. The molecule has 0 radical (unpaired) electrons. The standard InChI is InChI=1S/C14H18N2S/c1-10-5-4-6-12(7-10)13-9-17-14(16-13)11(2)8-15-3/h4-7,9,11,15H,8H2,1-3H3. The molecule has 0 spiro atoms. The maximum atomic E-state index is 4.72. The number of thiazole rings is 1. The lowest BCUT2D eigenvalue weighted by Crippen LogP contribution is -2.14. The summed E-state index contributed by atoms with van der Waals surface area (Å²) in [5, 5.41) is 6.54. The Morgan fingerprint density at radius 2 is 2.24 bits per heavy atom. The van der Waals surface area contributed by atoms with Crippen LogP contribution < -0.4 is 5.32 Å². The van der Waals surface area contributed by atoms with Gasteiger partial charge in [-0.15, -0.1) is 11.3 Å². The second-order valence-electron chi connectivity index (χ2n) is 4.40. The zero-order valence-corrected chi connectivity index (χ0v) is 11.3. The molecule has 0 bridgehead atoms. The van der Waals surface area contributed by atoms with Gasteiger partial charge in [0.15, 0.2) is 0 Å². The second-order valence-corrected chi connectivity index (χ2v) is 5.29. The predicted molar refractivity (Wildman–Crippen MR) is 74.6 cm³/mol. The molecule has 1 aromatic heterocycles. The number of rotatable bonds is 4. The van der Waals surface area contributed by atoms with Crippen LogP contribution in [0.5, 0.6) is 0 Å². The maximum Gasteiger partial charge on any atom is 0.0973 e. The van der Waals surface area contributed by atoms with Gasteiger partial charge in [-0.25, -0.2) is 4.98 Å². The number of hydrogen-bond donors (Lipinski definition) is 1. The molecule has 0 saturated carbocycles. The molecule has 0 fully saturated rings. The first-order chi connectivity index (χ1) is 8.20. The summed E-state index contributed by atoms with van der Waals surface area (Å²) in [7, 11) is 1.98. The number of aromatic nitrogens is 1. The number of aryl methyl sites for hydroxylation is 1. The third kappa shape index (κ3) is 2.93. The zero-order chi connectivity index (χ0) is 12.3. The first-order valence-corrected chi connectivity index (χ1v) is 6.75. The Hall–Kier alpha value is -1.19. The van der Waals surface area contributed by atoms with Crippen LogP contribution in [0.2, 0.25) is 0 Å². The molecule has 90 valence electrons. The van der Waals surface area contributed by atoms with Gasteiger partial charge in [0.2, 0.25) is 0 Å². The SMILES string of the molecule is CNCC(C)c1nc(-c2cccc(C)c2)cs1. The van der Waals surface area contributed by atoms with E-state index in [1.165, 1.54) is 16.1 Å². The van der Waals surface area contributed by atoms with Gasteiger partial charge in [0.1, 0.15) is 0 Å². The quantitative estimate of drug-likeness (QED) is 0.894. The molecule has 2 rings (SSSR count). The van der Waals surface area contributed by atoms with Crippen LogP contribution in [0.25, 0.3) is 11.3 Å². The van der Waals surface area contributed by atoms with Crippen molar-refractivity contribution in [1.82, 2.24) is 10.3 Å². The van der Waals surface area contributed by atoms with E-state index in [4.69, 9.17) is 4.98 Å². The minimum atomic E-state index is 0.476. The van der Waals surface area contributed by atoms with E-state index in [-0.39, 0.29) is 0 Å². The van der Waals surface area contributed by atoms with Crippen LogP contribution in [0, 0.1) is 6.92 Å². The lowest BCUT2D eigenvalue weighted by atomic mass is 10.1. The van der Waals surface area contributed by atoms with E-state index >= 15 is 0 Å². The van der Waals surface area contributed by atoms with Crippen LogP contribution in [-0.2, 0) is 0 Å². The van der Waals surface area contributed by atoms with E-state index in [1.54, 1.807) is 11.3 Å². The van der Waals surface area contributed by atoms with E-state index in [9.17, 15) is 0 Å². The van der Waals surface area contributed by atoms with E-state index in [0.717, 1.165) is 12.2 Å². The van der Waals surface area contributed by atoms with Crippen LogP contribution >= 0.6 is 11.3 Å². The van der Waals surface area contributed by atoms with Crippen molar-refractivity contribution in [3.05, 3.63) is 40.2 Å². The lowest BCUT2D eigenvalue weighted by molar-refractivity contribution is 0.674. The third-order valence-corrected chi connectivity index (χ3v) is 3.84. The molecule has 0 aliphatic carbocycles. The topological polar surface area (TPSA) is 24.9 Å². The molecule has 1 aromatic carbocycles. The molecule has 1 unspecified atom stereocenters. The fraction of sp³-hybridized carbons (Fsp3) is 0.357. The molecule has 0 amide bonds. The second kappa shape index (κ2) is 5.43. The molecular formula is C14H18N2S. The van der Waals surface area contributed by atoms with E-state index in [1.807, 2.05) is 7.05 Å². The largest absolute Gasteiger partial charge is 0.319 e. The maximum absolute atomic E-state index is 4.72. The van der Waals surface area contributed by atoms with Crippen LogP contribution in [0.4, 0.5) is 0 Å². The van der Waals surface area contributed by atoms with Crippen LogP contribution in [0.1, 0.15) is 23.4 Å². The highest BCUT2D eigenvalue weighted by Gasteiger charge is 2.10. The normalized spacial score (nSPS) is 12.6. The molecule has 1 heterocycles. The Bertz CT molecular complexity index is 490. The van der Waals surface area contributed by atoms with Crippen molar-refractivity contribution in [3.63, 3.8) is 0 Å². The Labute approximate surface area is 107 Å². The number of nitrogens with one attached hydrogen (secondary N) is 1. The molecule has 1 N–H and O–H groups in total. The molecule has 0 aliphatic heterocycles. The molecular weight excluding hydrogens is 228 g/mol. The summed E-state index contributed by atoms with van der Waals surface area (Å²) in [6.07, 6.45) is 0. The molecule has 0 aliphatic rings. The predicted octanol–water partition coefficient (Wildman–Crippen LogP) is 3.44. The van der Waals surface area contributed by atoms with Crippen molar-refractivity contribution >= 4 is 11.3 Å². The molecule has 2 aromatic rings. The summed E-state index contributed by atoms with van der Waals surface area (Å²) in [6.45, 7) is 5.29. The fourth-order valence-electron chi connectivity index (χ4n) is 1.84. The first-order valence-electron chi connectivity index (χ1n) is 5.87. The number of nitrogens with zero attached hydrogens (tertiary/aromatic N) is 1. The Morgan fingerprint density at radius 3 is 2.94 bits per heavy atom. The van der Waals surface area contributed by atoms with Crippen molar-refractivity contribution < 1.29 is 0 Å². The first kappa shape index (κ1) is 12.3. The van der Waals surface area contributed by atoms with E-state index in [0.29, 0.717) is 5.92 Å². The van der Waals surface area contributed by atoms with Gasteiger partial charge in [0, 0.05) is 23.4 Å². The number of hydrogen-bond acceptors (Lipinski definition) is 3. The summed E-state index contributed by atoms with van der Waals surface area (Å²) < 4.78 is 0. The van der Waals surface area contributed by atoms with E-state index in [2.05, 4.69) is 48.8 Å². The van der Waals surface area contributed by atoms with Crippen LogP contribution in [-0.4, -0.2) is 18.6 Å². The Morgan fingerprint density at radius 1 is 1.41 bits per heavy atom. The fourth-order valence-corrected chi connectivity index (χ4v) is 2.73. The van der Waals surface area contributed by atoms with Gasteiger partial charge in [-0.1, -0.05) is 30.7 Å². The lowest BCUT2D eigenvalue weighted by Gasteiger charge is -2.05. The molecule has 1 atom stereocenters. The molecule has 2 nitrogen and oxygen atoms in total. The summed E-state index contributed by atoms with van der Waals surface area (Å²) in [6, 6.07) is 8.50. The highest BCUT2D eigenvalue weighted by atomic mass is 32.1. The van der Waals surface area contributed by atoms with Crippen LogP contribution in [0.3, 0.4) is 0 Å². The van der Waals surface area contributed by atoms with Crippen molar-refractivity contribution in [3.8, 4) is 11.3 Å². The highest BCUT2D eigenvalue weighted by molar-refractivity contribution is 7.10. The monoisotopic (exact) mass is 246 g/mol. The minimum absolute atomic E-state index is 0.476. The average Bonchev–Trinajstić information content (AvgIpc) is 2.78. The number of benzene rings is 1. The van der Waals surface area contributed by atoms with Crippen molar-refractivity contribution in [2.24, 2.45) is 0 Å². The summed E-state index contributed by atoms with van der Waals surface area (Å²) >= 11 is 1.75. The van der Waals surface area contributed by atoms with Gasteiger partial charge in [-0.05, 0) is 20.0 Å².